The highest BCUT2D eigenvalue weighted by molar-refractivity contribution is 5.97. The number of anilines is 1. The molecule has 0 aliphatic carbocycles. The quantitative estimate of drug-likeness (QED) is 0.740. The number of rotatable bonds is 5. The lowest BCUT2D eigenvalue weighted by Crippen LogP contribution is -2.13. The third kappa shape index (κ3) is 3.82. The van der Waals surface area contributed by atoms with Gasteiger partial charge in [0, 0.05) is 17.7 Å². The number of hydrogen-bond donors (Lipinski definition) is 2. The topological polar surface area (TPSA) is 72.2 Å². The number of hydrogen-bond acceptors (Lipinski definition) is 3. The number of amides is 1. The average Bonchev–Trinajstić information content (AvgIpc) is 2.26. The molecule has 0 unspecified atom stereocenters. The lowest BCUT2D eigenvalue weighted by molar-refractivity contribution is -0.116. The van der Waals surface area contributed by atoms with Gasteiger partial charge < -0.3 is 11.1 Å². The molecule has 0 bridgehead atoms. The highest BCUT2D eigenvalue weighted by atomic mass is 16.1. The molecular formula is C12H16N2O2. The maximum atomic E-state index is 11.4. The largest absolute Gasteiger partial charge is 0.330 e. The fraction of sp³-hybridized carbons (Fsp3) is 0.333. The smallest absolute Gasteiger partial charge is 0.224 e. The third-order valence-electron chi connectivity index (χ3n) is 2.16. The van der Waals surface area contributed by atoms with E-state index in [1.54, 1.807) is 24.3 Å². The van der Waals surface area contributed by atoms with Crippen LogP contribution < -0.4 is 11.1 Å². The van der Waals surface area contributed by atoms with Crippen LogP contribution in [-0.2, 0) is 4.79 Å². The molecule has 1 amide bonds. The molecule has 0 atom stereocenters. The Morgan fingerprint density at radius 2 is 2.12 bits per heavy atom. The van der Waals surface area contributed by atoms with Gasteiger partial charge in [-0.05, 0) is 32.0 Å². The van der Waals surface area contributed by atoms with Crippen molar-refractivity contribution in [3.8, 4) is 0 Å². The Labute approximate surface area is 94.8 Å². The maximum Gasteiger partial charge on any atom is 0.224 e. The van der Waals surface area contributed by atoms with E-state index >= 15 is 0 Å². The molecule has 1 aromatic carbocycles. The van der Waals surface area contributed by atoms with Crippen molar-refractivity contribution in [3.05, 3.63) is 29.8 Å². The first-order valence-corrected chi connectivity index (χ1v) is 5.24. The number of nitrogens with one attached hydrogen (secondary N) is 1. The lowest BCUT2D eigenvalue weighted by atomic mass is 10.1. The summed E-state index contributed by atoms with van der Waals surface area (Å²) in [5.41, 5.74) is 6.55. The third-order valence-corrected chi connectivity index (χ3v) is 2.16. The molecule has 86 valence electrons. The van der Waals surface area contributed by atoms with Gasteiger partial charge in [0.25, 0.3) is 0 Å². The standard InChI is InChI=1S/C12H16N2O2/c1-9(15)10-4-2-5-11(8-10)14-12(16)6-3-7-13/h2,4-5,8H,3,6-7,13H2,1H3,(H,14,16). The second-order valence-corrected chi connectivity index (χ2v) is 3.58. The molecule has 3 N–H and O–H groups in total. The van der Waals surface area contributed by atoms with E-state index in [2.05, 4.69) is 5.32 Å². The molecule has 16 heavy (non-hydrogen) atoms. The number of carbonyl (C=O) groups excluding carboxylic acids is 2. The summed E-state index contributed by atoms with van der Waals surface area (Å²) in [6, 6.07) is 6.89. The number of benzene rings is 1. The van der Waals surface area contributed by atoms with Crippen molar-refractivity contribution in [1.29, 1.82) is 0 Å². The van der Waals surface area contributed by atoms with E-state index in [9.17, 15) is 9.59 Å². The van der Waals surface area contributed by atoms with Crippen molar-refractivity contribution in [3.63, 3.8) is 0 Å². The van der Waals surface area contributed by atoms with Crippen LogP contribution in [0.3, 0.4) is 0 Å². The van der Waals surface area contributed by atoms with Crippen LogP contribution >= 0.6 is 0 Å². The van der Waals surface area contributed by atoms with Crippen molar-refractivity contribution in [1.82, 2.24) is 0 Å². The van der Waals surface area contributed by atoms with Crippen LogP contribution in [0.4, 0.5) is 5.69 Å². The zero-order valence-corrected chi connectivity index (χ0v) is 9.32. The Bertz CT molecular complexity index is 388. The van der Waals surface area contributed by atoms with Gasteiger partial charge in [-0.3, -0.25) is 9.59 Å². The van der Waals surface area contributed by atoms with E-state index in [1.807, 2.05) is 0 Å². The summed E-state index contributed by atoms with van der Waals surface area (Å²) in [4.78, 5) is 22.5. The Morgan fingerprint density at radius 1 is 1.38 bits per heavy atom. The van der Waals surface area contributed by atoms with E-state index in [0.29, 0.717) is 30.6 Å². The molecule has 0 aliphatic rings. The van der Waals surface area contributed by atoms with Gasteiger partial charge in [0.15, 0.2) is 5.78 Å². The zero-order valence-electron chi connectivity index (χ0n) is 9.32. The first kappa shape index (κ1) is 12.4. The van der Waals surface area contributed by atoms with Crippen LogP contribution in [0.5, 0.6) is 0 Å². The summed E-state index contributed by atoms with van der Waals surface area (Å²) in [6.07, 6.45) is 1.07. The van der Waals surface area contributed by atoms with E-state index in [0.717, 1.165) is 0 Å². The SMILES string of the molecule is CC(=O)c1cccc(NC(=O)CCCN)c1. The van der Waals surface area contributed by atoms with Gasteiger partial charge in [0.2, 0.25) is 5.91 Å². The molecule has 0 saturated carbocycles. The maximum absolute atomic E-state index is 11.4. The number of nitrogens with two attached hydrogens (primary N) is 1. The minimum Gasteiger partial charge on any atom is -0.330 e. The molecule has 0 aromatic heterocycles. The van der Waals surface area contributed by atoms with Gasteiger partial charge in [-0.25, -0.2) is 0 Å². The normalized spacial score (nSPS) is 9.88. The molecule has 4 nitrogen and oxygen atoms in total. The molecule has 0 spiro atoms. The van der Waals surface area contributed by atoms with Gasteiger partial charge >= 0.3 is 0 Å². The van der Waals surface area contributed by atoms with Crippen molar-refractivity contribution < 1.29 is 9.59 Å². The molecule has 4 heteroatoms. The monoisotopic (exact) mass is 220 g/mol. The van der Waals surface area contributed by atoms with Crippen molar-refractivity contribution in [2.75, 3.05) is 11.9 Å². The Hall–Kier alpha value is -1.68. The Kier molecular flexibility index (Phi) is 4.66. The van der Waals surface area contributed by atoms with Crippen molar-refractivity contribution in [2.24, 2.45) is 5.73 Å². The highest BCUT2D eigenvalue weighted by Crippen LogP contribution is 2.11. The first-order chi connectivity index (χ1) is 7.63. The minimum atomic E-state index is -0.0776. The van der Waals surface area contributed by atoms with E-state index < -0.39 is 0 Å². The molecule has 0 fully saturated rings. The van der Waals surface area contributed by atoms with Gasteiger partial charge in [-0.2, -0.15) is 0 Å². The molecule has 0 aliphatic heterocycles. The number of Topliss-reactive ketones (excluding diaryl/α,β-unsaturated/α-hetero) is 1. The molecular weight excluding hydrogens is 204 g/mol. The summed E-state index contributed by atoms with van der Waals surface area (Å²) in [5, 5.41) is 2.73. The summed E-state index contributed by atoms with van der Waals surface area (Å²) >= 11 is 0. The van der Waals surface area contributed by atoms with Crippen LogP contribution in [0.15, 0.2) is 24.3 Å². The fourth-order valence-corrected chi connectivity index (χ4v) is 1.30. The summed E-state index contributed by atoms with van der Waals surface area (Å²) in [7, 11) is 0. The highest BCUT2D eigenvalue weighted by Gasteiger charge is 2.03. The summed E-state index contributed by atoms with van der Waals surface area (Å²) in [5.74, 6) is -0.0933. The molecule has 0 heterocycles. The summed E-state index contributed by atoms with van der Waals surface area (Å²) in [6.45, 7) is 2.00. The number of ketones is 1. The second kappa shape index (κ2) is 6.02. The van der Waals surface area contributed by atoms with Crippen LogP contribution in [0.2, 0.25) is 0 Å². The van der Waals surface area contributed by atoms with Gasteiger partial charge in [0.1, 0.15) is 0 Å². The van der Waals surface area contributed by atoms with Crippen LogP contribution in [0.1, 0.15) is 30.1 Å². The van der Waals surface area contributed by atoms with Gasteiger partial charge in [-0.1, -0.05) is 12.1 Å². The fourth-order valence-electron chi connectivity index (χ4n) is 1.30. The van der Waals surface area contributed by atoms with E-state index in [-0.39, 0.29) is 11.7 Å². The molecule has 1 aromatic rings. The van der Waals surface area contributed by atoms with E-state index in [1.165, 1.54) is 6.92 Å². The Morgan fingerprint density at radius 3 is 2.75 bits per heavy atom. The molecule has 0 saturated heterocycles. The van der Waals surface area contributed by atoms with Crippen molar-refractivity contribution >= 4 is 17.4 Å². The van der Waals surface area contributed by atoms with Gasteiger partial charge in [0.05, 0.1) is 0 Å². The van der Waals surface area contributed by atoms with Crippen LogP contribution in [-0.4, -0.2) is 18.2 Å². The van der Waals surface area contributed by atoms with Crippen LogP contribution in [0, 0.1) is 0 Å². The van der Waals surface area contributed by atoms with Crippen molar-refractivity contribution in [2.45, 2.75) is 19.8 Å². The predicted molar refractivity (Wildman–Crippen MR) is 63.4 cm³/mol. The average molecular weight is 220 g/mol. The van der Waals surface area contributed by atoms with E-state index in [4.69, 9.17) is 5.73 Å². The second-order valence-electron chi connectivity index (χ2n) is 3.58. The Balaban J connectivity index is 2.63. The van der Waals surface area contributed by atoms with Gasteiger partial charge in [-0.15, -0.1) is 0 Å². The molecule has 0 radical (unpaired) electrons. The summed E-state index contributed by atoms with van der Waals surface area (Å²) < 4.78 is 0. The lowest BCUT2D eigenvalue weighted by Gasteiger charge is -2.05. The number of carbonyl (C=O) groups is 2. The zero-order chi connectivity index (χ0) is 12.0. The molecule has 1 rings (SSSR count). The predicted octanol–water partition coefficient (Wildman–Crippen LogP) is 1.57. The van der Waals surface area contributed by atoms with Crippen LogP contribution in [0.25, 0.3) is 0 Å². The minimum absolute atomic E-state index is 0.0157. The first-order valence-electron chi connectivity index (χ1n) is 5.24.